The summed E-state index contributed by atoms with van der Waals surface area (Å²) in [6, 6.07) is 15.3. The van der Waals surface area contributed by atoms with Gasteiger partial charge in [0.05, 0.1) is 16.5 Å². The van der Waals surface area contributed by atoms with E-state index in [1.165, 1.54) is 4.31 Å². The fraction of sp³-hybridized carbons (Fsp3) is 0.333. The maximum Gasteiger partial charge on any atom is 0.260 e. The van der Waals surface area contributed by atoms with Crippen LogP contribution >= 0.6 is 0 Å². The summed E-state index contributed by atoms with van der Waals surface area (Å²) in [7, 11) is -3.58. The highest BCUT2D eigenvalue weighted by Gasteiger charge is 2.28. The Bertz CT molecular complexity index is 996. The van der Waals surface area contributed by atoms with Gasteiger partial charge in [0.25, 0.3) is 5.91 Å². The zero-order chi connectivity index (χ0) is 20.9. The number of benzene rings is 2. The van der Waals surface area contributed by atoms with E-state index in [9.17, 15) is 13.2 Å². The minimum absolute atomic E-state index is 0.128. The van der Waals surface area contributed by atoms with E-state index in [0.717, 1.165) is 5.56 Å². The molecule has 2 aromatic carbocycles. The molecule has 8 heteroatoms. The second-order valence-corrected chi connectivity index (χ2v) is 8.81. The molecule has 3 rings (SSSR count). The van der Waals surface area contributed by atoms with Crippen molar-refractivity contribution in [2.75, 3.05) is 32.8 Å². The average molecular weight is 413 g/mol. The number of sulfonamides is 1. The van der Waals surface area contributed by atoms with Gasteiger partial charge in [-0.3, -0.25) is 4.79 Å². The minimum atomic E-state index is -3.58. The Morgan fingerprint density at radius 2 is 1.72 bits per heavy atom. The van der Waals surface area contributed by atoms with Crippen molar-refractivity contribution in [3.8, 4) is 11.8 Å². The molecule has 1 amide bonds. The van der Waals surface area contributed by atoms with Gasteiger partial charge in [-0.2, -0.15) is 9.57 Å². The molecular weight excluding hydrogens is 390 g/mol. The molecule has 152 valence electrons. The van der Waals surface area contributed by atoms with Crippen molar-refractivity contribution >= 4 is 15.9 Å². The molecule has 1 fully saturated rings. The Kier molecular flexibility index (Phi) is 6.52. The highest BCUT2D eigenvalue weighted by Crippen LogP contribution is 2.18. The lowest BCUT2D eigenvalue weighted by Crippen LogP contribution is -2.39. The van der Waals surface area contributed by atoms with E-state index in [4.69, 9.17) is 10.00 Å². The lowest BCUT2D eigenvalue weighted by atomic mass is 10.2. The number of hydrogen-bond donors (Lipinski definition) is 0. The van der Waals surface area contributed by atoms with E-state index in [1.807, 2.05) is 13.0 Å². The van der Waals surface area contributed by atoms with E-state index in [0.29, 0.717) is 37.4 Å². The number of amides is 1. The lowest BCUT2D eigenvalue weighted by Gasteiger charge is -2.22. The average Bonchev–Trinajstić information content (AvgIpc) is 2.99. The summed E-state index contributed by atoms with van der Waals surface area (Å²) >= 11 is 0. The summed E-state index contributed by atoms with van der Waals surface area (Å²) in [6.45, 7) is 3.20. The highest BCUT2D eigenvalue weighted by molar-refractivity contribution is 7.89. The Labute approximate surface area is 171 Å². The third-order valence-corrected chi connectivity index (χ3v) is 6.72. The SMILES string of the molecule is Cc1ccc(S(=O)(=O)N2CCCN(C(=O)COc3ccc(C#N)cc3)CC2)cc1. The largest absolute Gasteiger partial charge is 0.484 e. The Morgan fingerprint density at radius 1 is 1.03 bits per heavy atom. The van der Waals surface area contributed by atoms with Gasteiger partial charge in [-0.15, -0.1) is 0 Å². The quantitative estimate of drug-likeness (QED) is 0.749. The first-order valence-corrected chi connectivity index (χ1v) is 10.8. The minimum Gasteiger partial charge on any atom is -0.484 e. The molecule has 0 N–H and O–H groups in total. The molecule has 1 aliphatic rings. The maximum absolute atomic E-state index is 12.9. The van der Waals surface area contributed by atoms with Gasteiger partial charge in [0, 0.05) is 26.2 Å². The van der Waals surface area contributed by atoms with Crippen LogP contribution in [0.1, 0.15) is 17.5 Å². The van der Waals surface area contributed by atoms with Crippen molar-refractivity contribution in [1.82, 2.24) is 9.21 Å². The summed E-state index contributed by atoms with van der Waals surface area (Å²) in [5.74, 6) is 0.319. The van der Waals surface area contributed by atoms with Crippen molar-refractivity contribution in [3.05, 3.63) is 59.7 Å². The third kappa shape index (κ3) is 5.13. The number of rotatable bonds is 5. The lowest BCUT2D eigenvalue weighted by molar-refractivity contribution is -0.133. The molecule has 0 unspecified atom stereocenters. The summed E-state index contributed by atoms with van der Waals surface area (Å²) in [4.78, 5) is 14.4. The van der Waals surface area contributed by atoms with Crippen molar-refractivity contribution in [2.24, 2.45) is 0 Å². The molecule has 0 saturated carbocycles. The first-order valence-electron chi connectivity index (χ1n) is 9.38. The van der Waals surface area contributed by atoms with Crippen LogP contribution in [0, 0.1) is 18.3 Å². The van der Waals surface area contributed by atoms with E-state index >= 15 is 0 Å². The first kappa shape index (κ1) is 20.8. The Balaban J connectivity index is 1.58. The van der Waals surface area contributed by atoms with Crippen LogP contribution in [0.25, 0.3) is 0 Å². The molecule has 0 bridgehead atoms. The van der Waals surface area contributed by atoms with Crippen LogP contribution < -0.4 is 4.74 Å². The van der Waals surface area contributed by atoms with Gasteiger partial charge in [-0.05, 0) is 49.7 Å². The summed E-state index contributed by atoms with van der Waals surface area (Å²) in [5.41, 5.74) is 1.52. The van der Waals surface area contributed by atoms with Crippen LogP contribution in [-0.4, -0.2) is 56.3 Å². The van der Waals surface area contributed by atoms with Crippen molar-refractivity contribution in [1.29, 1.82) is 5.26 Å². The third-order valence-electron chi connectivity index (χ3n) is 4.81. The molecule has 0 radical (unpaired) electrons. The molecule has 1 saturated heterocycles. The van der Waals surface area contributed by atoms with Gasteiger partial charge in [-0.1, -0.05) is 17.7 Å². The number of aryl methyl sites for hydroxylation is 1. The van der Waals surface area contributed by atoms with E-state index < -0.39 is 10.0 Å². The van der Waals surface area contributed by atoms with Crippen molar-refractivity contribution < 1.29 is 17.9 Å². The van der Waals surface area contributed by atoms with Gasteiger partial charge in [0.15, 0.2) is 6.61 Å². The van der Waals surface area contributed by atoms with Crippen LogP contribution in [0.3, 0.4) is 0 Å². The van der Waals surface area contributed by atoms with Gasteiger partial charge < -0.3 is 9.64 Å². The molecule has 0 aromatic heterocycles. The van der Waals surface area contributed by atoms with Crippen LogP contribution in [0.2, 0.25) is 0 Å². The summed E-state index contributed by atoms with van der Waals surface area (Å²) in [6.07, 6.45) is 0.563. The molecule has 0 spiro atoms. The molecular formula is C21H23N3O4S. The fourth-order valence-corrected chi connectivity index (χ4v) is 4.57. The molecule has 1 heterocycles. The second kappa shape index (κ2) is 9.07. The first-order chi connectivity index (χ1) is 13.9. The molecule has 29 heavy (non-hydrogen) atoms. The topological polar surface area (TPSA) is 90.7 Å². The van der Waals surface area contributed by atoms with E-state index in [1.54, 1.807) is 53.4 Å². The molecule has 7 nitrogen and oxygen atoms in total. The highest BCUT2D eigenvalue weighted by atomic mass is 32.2. The molecule has 0 atom stereocenters. The predicted molar refractivity (Wildman–Crippen MR) is 108 cm³/mol. The second-order valence-electron chi connectivity index (χ2n) is 6.88. The molecule has 2 aromatic rings. The molecule has 1 aliphatic heterocycles. The van der Waals surface area contributed by atoms with Gasteiger partial charge >= 0.3 is 0 Å². The predicted octanol–water partition coefficient (Wildman–Crippen LogP) is 2.17. The number of ether oxygens (including phenoxy) is 1. The van der Waals surface area contributed by atoms with Crippen molar-refractivity contribution in [3.63, 3.8) is 0 Å². The number of nitriles is 1. The number of nitrogens with zero attached hydrogens (tertiary/aromatic N) is 3. The van der Waals surface area contributed by atoms with Gasteiger partial charge in [0.2, 0.25) is 10.0 Å². The normalized spacial score (nSPS) is 15.4. The zero-order valence-corrected chi connectivity index (χ0v) is 17.1. The van der Waals surface area contributed by atoms with Crippen LogP contribution in [0.5, 0.6) is 5.75 Å². The monoisotopic (exact) mass is 413 g/mol. The fourth-order valence-electron chi connectivity index (χ4n) is 3.10. The van der Waals surface area contributed by atoms with E-state index in [2.05, 4.69) is 0 Å². The smallest absolute Gasteiger partial charge is 0.260 e. The number of hydrogen-bond acceptors (Lipinski definition) is 5. The van der Waals surface area contributed by atoms with Gasteiger partial charge in [-0.25, -0.2) is 8.42 Å². The standard InChI is InChI=1S/C21H23N3O4S/c1-17-3-9-20(10-4-17)29(26,27)24-12-2-11-23(13-14-24)21(25)16-28-19-7-5-18(15-22)6-8-19/h3-10H,2,11-14,16H2,1H3. The zero-order valence-electron chi connectivity index (χ0n) is 16.2. The Hall–Kier alpha value is -2.89. The Morgan fingerprint density at radius 3 is 2.38 bits per heavy atom. The van der Waals surface area contributed by atoms with Crippen LogP contribution in [-0.2, 0) is 14.8 Å². The number of carbonyl (C=O) groups excluding carboxylic acids is 1. The summed E-state index contributed by atoms with van der Waals surface area (Å²) in [5, 5.41) is 8.81. The summed E-state index contributed by atoms with van der Waals surface area (Å²) < 4.78 is 32.7. The number of carbonyl (C=O) groups is 1. The van der Waals surface area contributed by atoms with Gasteiger partial charge in [0.1, 0.15) is 5.75 Å². The molecule has 0 aliphatic carbocycles. The maximum atomic E-state index is 12.9. The van der Waals surface area contributed by atoms with Crippen LogP contribution in [0.4, 0.5) is 0 Å². The van der Waals surface area contributed by atoms with Crippen molar-refractivity contribution in [2.45, 2.75) is 18.2 Å². The van der Waals surface area contributed by atoms with E-state index in [-0.39, 0.29) is 24.0 Å². The van der Waals surface area contributed by atoms with Crippen LogP contribution in [0.15, 0.2) is 53.4 Å².